The fourth-order valence-corrected chi connectivity index (χ4v) is 1.45. The molecule has 0 aliphatic rings. The normalized spacial score (nSPS) is 10.1. The second kappa shape index (κ2) is 4.79. The lowest BCUT2D eigenvalue weighted by Gasteiger charge is -2.06. The number of nitrogens with zero attached hydrogens (tertiary/aromatic N) is 1. The summed E-state index contributed by atoms with van der Waals surface area (Å²) in [6, 6.07) is 8.50. The maximum atomic E-state index is 12.9. The van der Waals surface area contributed by atoms with Gasteiger partial charge in [0.25, 0.3) is 5.69 Å². The molecule has 2 aromatic carbocycles. The van der Waals surface area contributed by atoms with Crippen LogP contribution in [0.15, 0.2) is 42.5 Å². The van der Waals surface area contributed by atoms with Crippen LogP contribution in [0, 0.1) is 21.7 Å². The Kier molecular flexibility index (Phi) is 3.18. The highest BCUT2D eigenvalue weighted by Gasteiger charge is 2.14. The van der Waals surface area contributed by atoms with Crippen LogP contribution in [0.5, 0.6) is 0 Å². The fraction of sp³-hybridized carbons (Fsp3) is 0. The molecule has 92 valence electrons. The van der Waals surface area contributed by atoms with Gasteiger partial charge in [0.2, 0.25) is 0 Å². The zero-order valence-electron chi connectivity index (χ0n) is 9.06. The van der Waals surface area contributed by atoms with E-state index in [1.165, 1.54) is 30.3 Å². The van der Waals surface area contributed by atoms with Crippen LogP contribution in [0.25, 0.3) is 0 Å². The molecule has 0 atom stereocenters. The number of anilines is 2. The van der Waals surface area contributed by atoms with Crippen LogP contribution in [0.2, 0.25) is 0 Å². The van der Waals surface area contributed by atoms with Crippen LogP contribution in [-0.4, -0.2) is 4.92 Å². The van der Waals surface area contributed by atoms with Crippen molar-refractivity contribution in [3.05, 3.63) is 64.2 Å². The molecule has 1 N–H and O–H groups in total. The largest absolute Gasteiger partial charge is 0.350 e. The summed E-state index contributed by atoms with van der Waals surface area (Å²) in [4.78, 5) is 10.1. The smallest absolute Gasteiger partial charge is 0.295 e. The first kappa shape index (κ1) is 12.0. The fourth-order valence-electron chi connectivity index (χ4n) is 1.45. The molecule has 0 aromatic heterocycles. The van der Waals surface area contributed by atoms with Gasteiger partial charge in [0, 0.05) is 5.69 Å². The van der Waals surface area contributed by atoms with E-state index in [0.717, 1.165) is 12.1 Å². The van der Waals surface area contributed by atoms with E-state index in [9.17, 15) is 18.9 Å². The van der Waals surface area contributed by atoms with Gasteiger partial charge in [-0.1, -0.05) is 0 Å². The third kappa shape index (κ3) is 2.60. The third-order valence-corrected chi connectivity index (χ3v) is 2.28. The Morgan fingerprint density at radius 2 is 1.61 bits per heavy atom. The Bertz CT molecular complexity index is 585. The number of nitro benzene ring substituents is 1. The number of benzene rings is 2. The van der Waals surface area contributed by atoms with Crippen molar-refractivity contribution in [1.82, 2.24) is 0 Å². The summed E-state index contributed by atoms with van der Waals surface area (Å²) < 4.78 is 25.6. The van der Waals surface area contributed by atoms with Crippen molar-refractivity contribution in [3.8, 4) is 0 Å². The van der Waals surface area contributed by atoms with Crippen LogP contribution in [-0.2, 0) is 0 Å². The molecule has 0 amide bonds. The van der Waals surface area contributed by atoms with Crippen molar-refractivity contribution in [2.75, 3.05) is 5.32 Å². The Balaban J connectivity index is 2.34. The van der Waals surface area contributed by atoms with Crippen LogP contribution in [0.4, 0.5) is 25.8 Å². The molecule has 2 rings (SSSR count). The van der Waals surface area contributed by atoms with Crippen molar-refractivity contribution < 1.29 is 13.7 Å². The molecule has 2 aromatic rings. The predicted octanol–water partition coefficient (Wildman–Crippen LogP) is 3.62. The van der Waals surface area contributed by atoms with Gasteiger partial charge in [0.1, 0.15) is 17.3 Å². The van der Waals surface area contributed by atoms with Crippen molar-refractivity contribution >= 4 is 17.1 Å². The van der Waals surface area contributed by atoms with Crippen molar-refractivity contribution in [2.24, 2.45) is 0 Å². The van der Waals surface area contributed by atoms with Gasteiger partial charge in [-0.3, -0.25) is 10.1 Å². The van der Waals surface area contributed by atoms with E-state index in [-0.39, 0.29) is 11.4 Å². The second-order valence-electron chi connectivity index (χ2n) is 3.55. The van der Waals surface area contributed by atoms with Crippen LogP contribution in [0.3, 0.4) is 0 Å². The summed E-state index contributed by atoms with van der Waals surface area (Å²) >= 11 is 0. The quantitative estimate of drug-likeness (QED) is 0.668. The lowest BCUT2D eigenvalue weighted by atomic mass is 10.2. The summed E-state index contributed by atoms with van der Waals surface area (Å²) in [5.74, 6) is -1.10. The van der Waals surface area contributed by atoms with Crippen molar-refractivity contribution in [3.63, 3.8) is 0 Å². The van der Waals surface area contributed by atoms with E-state index < -0.39 is 16.6 Å². The molecule has 6 heteroatoms. The van der Waals surface area contributed by atoms with E-state index in [1.807, 2.05) is 0 Å². The predicted molar refractivity (Wildman–Crippen MR) is 62.7 cm³/mol. The Morgan fingerprint density at radius 3 is 2.22 bits per heavy atom. The first-order valence-electron chi connectivity index (χ1n) is 5.03. The van der Waals surface area contributed by atoms with E-state index >= 15 is 0 Å². The highest BCUT2D eigenvalue weighted by molar-refractivity contribution is 5.69. The molecule has 0 spiro atoms. The molecule has 18 heavy (non-hydrogen) atoms. The van der Waals surface area contributed by atoms with E-state index in [2.05, 4.69) is 5.32 Å². The summed E-state index contributed by atoms with van der Waals surface area (Å²) in [6.07, 6.45) is 0. The van der Waals surface area contributed by atoms with Crippen LogP contribution >= 0.6 is 0 Å². The summed E-state index contributed by atoms with van der Waals surface area (Å²) in [5, 5.41) is 13.5. The maximum Gasteiger partial charge on any atom is 0.295 e. The molecule has 0 saturated heterocycles. The summed E-state index contributed by atoms with van der Waals surface area (Å²) in [6.45, 7) is 0. The summed E-state index contributed by atoms with van der Waals surface area (Å²) in [5.41, 5.74) is 0.249. The number of nitrogens with one attached hydrogen (secondary N) is 1. The van der Waals surface area contributed by atoms with Gasteiger partial charge in [-0.05, 0) is 36.4 Å². The lowest BCUT2D eigenvalue weighted by molar-refractivity contribution is -0.384. The Morgan fingerprint density at radius 1 is 1.00 bits per heavy atom. The standard InChI is InChI=1S/C12H8F2N2O2/c13-8-1-4-10(5-2-8)15-11-6-3-9(14)7-12(11)16(17)18/h1-7,15H. The number of nitro groups is 1. The number of halogens is 2. The van der Waals surface area contributed by atoms with Gasteiger partial charge >= 0.3 is 0 Å². The van der Waals surface area contributed by atoms with Gasteiger partial charge in [0.15, 0.2) is 0 Å². The SMILES string of the molecule is O=[N+]([O-])c1cc(F)ccc1Nc1ccc(F)cc1. The van der Waals surface area contributed by atoms with Crippen LogP contribution in [0.1, 0.15) is 0 Å². The zero-order valence-corrected chi connectivity index (χ0v) is 9.06. The average Bonchev–Trinajstić information content (AvgIpc) is 2.34. The van der Waals surface area contributed by atoms with Gasteiger partial charge in [-0.15, -0.1) is 0 Å². The molecular weight excluding hydrogens is 242 g/mol. The van der Waals surface area contributed by atoms with Crippen molar-refractivity contribution in [1.29, 1.82) is 0 Å². The van der Waals surface area contributed by atoms with E-state index in [0.29, 0.717) is 5.69 Å². The second-order valence-corrected chi connectivity index (χ2v) is 3.55. The first-order valence-corrected chi connectivity index (χ1v) is 5.03. The molecule has 0 aliphatic carbocycles. The van der Waals surface area contributed by atoms with Gasteiger partial charge < -0.3 is 5.32 Å². The minimum Gasteiger partial charge on any atom is -0.350 e. The maximum absolute atomic E-state index is 12.9. The minimum absolute atomic E-state index is 0.146. The Hall–Kier alpha value is -2.50. The van der Waals surface area contributed by atoms with E-state index in [1.54, 1.807) is 0 Å². The molecule has 0 heterocycles. The molecule has 0 fully saturated rings. The molecular formula is C12H8F2N2O2. The van der Waals surface area contributed by atoms with Crippen LogP contribution < -0.4 is 5.32 Å². The lowest BCUT2D eigenvalue weighted by Crippen LogP contribution is -1.97. The number of rotatable bonds is 3. The molecule has 0 saturated carbocycles. The summed E-state index contributed by atoms with van der Waals surface area (Å²) in [7, 11) is 0. The third-order valence-electron chi connectivity index (χ3n) is 2.28. The molecule has 4 nitrogen and oxygen atoms in total. The Labute approximate surface area is 101 Å². The highest BCUT2D eigenvalue weighted by Crippen LogP contribution is 2.28. The van der Waals surface area contributed by atoms with E-state index in [4.69, 9.17) is 0 Å². The zero-order chi connectivity index (χ0) is 13.1. The van der Waals surface area contributed by atoms with Crippen molar-refractivity contribution in [2.45, 2.75) is 0 Å². The van der Waals surface area contributed by atoms with Gasteiger partial charge in [-0.2, -0.15) is 0 Å². The number of hydrogen-bond acceptors (Lipinski definition) is 3. The molecule has 0 unspecified atom stereocenters. The van der Waals surface area contributed by atoms with Gasteiger partial charge in [-0.25, -0.2) is 8.78 Å². The monoisotopic (exact) mass is 250 g/mol. The average molecular weight is 250 g/mol. The molecule has 0 aliphatic heterocycles. The molecule has 0 bridgehead atoms. The first-order chi connectivity index (χ1) is 8.56. The van der Waals surface area contributed by atoms with Gasteiger partial charge in [0.05, 0.1) is 11.0 Å². The highest BCUT2D eigenvalue weighted by atomic mass is 19.1. The minimum atomic E-state index is -0.689. The number of hydrogen-bond donors (Lipinski definition) is 1. The molecule has 0 radical (unpaired) electrons. The topological polar surface area (TPSA) is 55.2 Å².